The van der Waals surface area contributed by atoms with Crippen LogP contribution in [-0.2, 0) is 6.54 Å². The zero-order valence-corrected chi connectivity index (χ0v) is 10.7. The van der Waals surface area contributed by atoms with E-state index in [-0.39, 0.29) is 24.7 Å². The Labute approximate surface area is 114 Å². The number of nitrogens with zero attached hydrogens (tertiary/aromatic N) is 2. The van der Waals surface area contributed by atoms with Crippen LogP contribution in [0.2, 0.25) is 0 Å². The van der Waals surface area contributed by atoms with Crippen molar-refractivity contribution in [3.05, 3.63) is 64.8 Å². The van der Waals surface area contributed by atoms with Gasteiger partial charge >= 0.3 is 5.69 Å². The Kier molecular flexibility index (Phi) is 3.12. The Morgan fingerprint density at radius 2 is 1.65 bits per heavy atom. The molecule has 2 aromatic carbocycles. The van der Waals surface area contributed by atoms with E-state index in [2.05, 4.69) is 0 Å². The molecule has 0 unspecified atom stereocenters. The Hall–Kier alpha value is -2.40. The van der Waals surface area contributed by atoms with Crippen LogP contribution in [0.3, 0.4) is 0 Å². The third-order valence-corrected chi connectivity index (χ3v) is 3.24. The summed E-state index contributed by atoms with van der Waals surface area (Å²) in [5, 5.41) is 9.10. The normalized spacial score (nSPS) is 11.1. The molecule has 102 valence electrons. The van der Waals surface area contributed by atoms with Crippen LogP contribution in [0.4, 0.5) is 4.39 Å². The van der Waals surface area contributed by atoms with Crippen molar-refractivity contribution in [2.75, 3.05) is 6.61 Å². The summed E-state index contributed by atoms with van der Waals surface area (Å²) >= 11 is 0. The number of aromatic nitrogens is 2. The Morgan fingerprint density at radius 1 is 1.00 bits per heavy atom. The van der Waals surface area contributed by atoms with Gasteiger partial charge in [-0.15, -0.1) is 0 Å². The number of fused-ring (bicyclic) bond motifs is 1. The third kappa shape index (κ3) is 1.92. The summed E-state index contributed by atoms with van der Waals surface area (Å²) in [5.74, 6) is -0.346. The highest BCUT2D eigenvalue weighted by molar-refractivity contribution is 5.78. The second-order valence-corrected chi connectivity index (χ2v) is 4.46. The molecule has 4 nitrogen and oxygen atoms in total. The van der Waals surface area contributed by atoms with Gasteiger partial charge in [0.15, 0.2) is 0 Å². The van der Waals surface area contributed by atoms with Gasteiger partial charge in [0.25, 0.3) is 0 Å². The van der Waals surface area contributed by atoms with E-state index in [9.17, 15) is 9.18 Å². The quantitative estimate of drug-likeness (QED) is 0.792. The molecule has 0 aliphatic rings. The molecular formula is C15H13FN2O2. The lowest BCUT2D eigenvalue weighted by molar-refractivity contribution is 0.276. The summed E-state index contributed by atoms with van der Waals surface area (Å²) in [6, 6.07) is 13.1. The van der Waals surface area contributed by atoms with Gasteiger partial charge in [0.2, 0.25) is 0 Å². The summed E-state index contributed by atoms with van der Waals surface area (Å²) in [6.07, 6.45) is 0. The molecule has 0 atom stereocenters. The maximum atomic E-state index is 13.0. The number of aliphatic hydroxyl groups excluding tert-OH is 1. The first-order chi connectivity index (χ1) is 9.72. The maximum absolute atomic E-state index is 13.0. The van der Waals surface area contributed by atoms with Crippen LogP contribution in [0.1, 0.15) is 0 Å². The molecule has 5 heteroatoms. The van der Waals surface area contributed by atoms with Crippen molar-refractivity contribution in [3.63, 3.8) is 0 Å². The molecule has 0 amide bonds. The van der Waals surface area contributed by atoms with Crippen LogP contribution in [0.25, 0.3) is 16.7 Å². The SMILES string of the molecule is O=c1n(CCO)c2ccccc2n1-c1ccc(F)cc1. The van der Waals surface area contributed by atoms with Crippen LogP contribution >= 0.6 is 0 Å². The molecule has 0 radical (unpaired) electrons. The van der Waals surface area contributed by atoms with E-state index in [0.29, 0.717) is 5.69 Å². The van der Waals surface area contributed by atoms with Crippen LogP contribution in [-0.4, -0.2) is 20.8 Å². The highest BCUT2D eigenvalue weighted by Crippen LogP contribution is 2.17. The summed E-state index contributed by atoms with van der Waals surface area (Å²) < 4.78 is 16.0. The smallest absolute Gasteiger partial charge is 0.333 e. The Balaban J connectivity index is 2.32. The van der Waals surface area contributed by atoms with E-state index in [1.54, 1.807) is 12.1 Å². The van der Waals surface area contributed by atoms with Gasteiger partial charge < -0.3 is 5.11 Å². The molecule has 1 aromatic heterocycles. The molecule has 20 heavy (non-hydrogen) atoms. The van der Waals surface area contributed by atoms with E-state index in [1.807, 2.05) is 24.3 Å². The fraction of sp³-hybridized carbons (Fsp3) is 0.133. The molecule has 0 saturated carbocycles. The maximum Gasteiger partial charge on any atom is 0.333 e. The van der Waals surface area contributed by atoms with Crippen LogP contribution < -0.4 is 5.69 Å². The summed E-state index contributed by atoms with van der Waals surface area (Å²) in [5.41, 5.74) is 1.84. The minimum atomic E-state index is -0.346. The number of hydrogen-bond donors (Lipinski definition) is 1. The number of imidazole rings is 1. The van der Waals surface area contributed by atoms with Crippen molar-refractivity contribution >= 4 is 11.0 Å². The minimum Gasteiger partial charge on any atom is -0.395 e. The first kappa shape index (κ1) is 12.6. The molecule has 0 saturated heterocycles. The van der Waals surface area contributed by atoms with Gasteiger partial charge in [-0.05, 0) is 36.4 Å². The van der Waals surface area contributed by atoms with Gasteiger partial charge in [-0.3, -0.25) is 9.13 Å². The molecule has 3 aromatic rings. The summed E-state index contributed by atoms with van der Waals surface area (Å²) in [7, 11) is 0. The fourth-order valence-electron chi connectivity index (χ4n) is 2.36. The first-order valence-corrected chi connectivity index (χ1v) is 6.29. The third-order valence-electron chi connectivity index (χ3n) is 3.24. The van der Waals surface area contributed by atoms with Gasteiger partial charge in [-0.1, -0.05) is 12.1 Å². The fourth-order valence-corrected chi connectivity index (χ4v) is 2.36. The number of halogens is 1. The molecule has 0 aliphatic carbocycles. The standard InChI is InChI=1S/C15H13FN2O2/c16-11-5-7-12(8-6-11)18-14-4-2-1-3-13(14)17(9-10-19)15(18)20/h1-8,19H,9-10H2. The van der Waals surface area contributed by atoms with Crippen molar-refractivity contribution in [1.29, 1.82) is 0 Å². The highest BCUT2D eigenvalue weighted by Gasteiger charge is 2.13. The van der Waals surface area contributed by atoms with E-state index in [0.717, 1.165) is 11.0 Å². The van der Waals surface area contributed by atoms with E-state index >= 15 is 0 Å². The topological polar surface area (TPSA) is 47.2 Å². The number of benzene rings is 2. The molecule has 0 spiro atoms. The number of rotatable bonds is 3. The van der Waals surface area contributed by atoms with Crippen molar-refractivity contribution < 1.29 is 9.50 Å². The molecule has 1 heterocycles. The molecule has 3 rings (SSSR count). The second-order valence-electron chi connectivity index (χ2n) is 4.46. The molecule has 0 bridgehead atoms. The lowest BCUT2D eigenvalue weighted by atomic mass is 10.2. The summed E-state index contributed by atoms with van der Waals surface area (Å²) in [4.78, 5) is 12.5. The van der Waals surface area contributed by atoms with Crippen LogP contribution in [0, 0.1) is 5.82 Å². The van der Waals surface area contributed by atoms with Gasteiger partial charge in [-0.2, -0.15) is 0 Å². The zero-order valence-electron chi connectivity index (χ0n) is 10.7. The predicted octanol–water partition coefficient (Wildman–Crippen LogP) is 1.92. The van der Waals surface area contributed by atoms with Crippen molar-refractivity contribution in [2.45, 2.75) is 6.54 Å². The zero-order chi connectivity index (χ0) is 14.1. The van der Waals surface area contributed by atoms with E-state index in [1.165, 1.54) is 21.3 Å². The molecular weight excluding hydrogens is 259 g/mol. The second kappa shape index (κ2) is 4.94. The van der Waals surface area contributed by atoms with Crippen molar-refractivity contribution in [2.24, 2.45) is 0 Å². The van der Waals surface area contributed by atoms with E-state index < -0.39 is 0 Å². The number of aliphatic hydroxyl groups is 1. The summed E-state index contributed by atoms with van der Waals surface area (Å²) in [6.45, 7) is 0.116. The molecule has 0 fully saturated rings. The van der Waals surface area contributed by atoms with Gasteiger partial charge in [0.05, 0.1) is 29.9 Å². The largest absolute Gasteiger partial charge is 0.395 e. The van der Waals surface area contributed by atoms with Crippen LogP contribution in [0.15, 0.2) is 53.3 Å². The minimum absolute atomic E-state index is 0.114. The molecule has 1 N–H and O–H groups in total. The number of para-hydroxylation sites is 2. The lowest BCUT2D eigenvalue weighted by Gasteiger charge is -2.02. The predicted molar refractivity (Wildman–Crippen MR) is 74.6 cm³/mol. The van der Waals surface area contributed by atoms with Gasteiger partial charge in [0, 0.05) is 0 Å². The highest BCUT2D eigenvalue weighted by atomic mass is 19.1. The monoisotopic (exact) mass is 272 g/mol. The average molecular weight is 272 g/mol. The Morgan fingerprint density at radius 3 is 2.30 bits per heavy atom. The van der Waals surface area contributed by atoms with Gasteiger partial charge in [0.1, 0.15) is 5.82 Å². The van der Waals surface area contributed by atoms with Gasteiger partial charge in [-0.25, -0.2) is 9.18 Å². The van der Waals surface area contributed by atoms with Crippen LogP contribution in [0.5, 0.6) is 0 Å². The van der Waals surface area contributed by atoms with Crippen molar-refractivity contribution in [1.82, 2.24) is 9.13 Å². The van der Waals surface area contributed by atoms with E-state index in [4.69, 9.17) is 5.11 Å². The lowest BCUT2D eigenvalue weighted by Crippen LogP contribution is -2.24. The first-order valence-electron chi connectivity index (χ1n) is 6.29. The average Bonchev–Trinajstić information content (AvgIpc) is 2.74. The number of hydrogen-bond acceptors (Lipinski definition) is 2. The molecule has 0 aliphatic heterocycles. The Bertz CT molecular complexity index is 803. The van der Waals surface area contributed by atoms with Crippen molar-refractivity contribution in [3.8, 4) is 5.69 Å².